The zero-order valence-corrected chi connectivity index (χ0v) is 20.0. The Kier molecular flexibility index (Phi) is 5.76. The quantitative estimate of drug-likeness (QED) is 0.465. The number of aromatic nitrogens is 2. The van der Waals surface area contributed by atoms with Gasteiger partial charge in [-0.25, -0.2) is 0 Å². The third-order valence-electron chi connectivity index (χ3n) is 7.25. The monoisotopic (exact) mass is 444 g/mol. The summed E-state index contributed by atoms with van der Waals surface area (Å²) in [7, 11) is 0. The maximum atomic E-state index is 5.91. The van der Waals surface area contributed by atoms with E-state index < -0.39 is 0 Å². The lowest BCUT2D eigenvalue weighted by Gasteiger charge is -2.28. The molecule has 1 saturated carbocycles. The van der Waals surface area contributed by atoms with Crippen LogP contribution in [0.1, 0.15) is 78.9 Å². The molecule has 1 aliphatic heterocycles. The predicted molar refractivity (Wildman–Crippen MR) is 135 cm³/mol. The van der Waals surface area contributed by atoms with E-state index in [0.29, 0.717) is 6.04 Å². The largest absolute Gasteiger partial charge is 0.351 e. The van der Waals surface area contributed by atoms with Gasteiger partial charge in [0.25, 0.3) is 0 Å². The average Bonchev–Trinajstić information content (AvgIpc) is 3.52. The van der Waals surface area contributed by atoms with Crippen LogP contribution in [0.15, 0.2) is 54.7 Å². The van der Waals surface area contributed by atoms with Crippen LogP contribution in [0.2, 0.25) is 0 Å². The zero-order chi connectivity index (χ0) is 22.2. The number of thiocarbonyl (C=S) groups is 1. The molecule has 32 heavy (non-hydrogen) atoms. The first kappa shape index (κ1) is 21.2. The van der Waals surface area contributed by atoms with E-state index in [1.807, 2.05) is 12.3 Å². The van der Waals surface area contributed by atoms with Crippen molar-refractivity contribution in [2.24, 2.45) is 0 Å². The fourth-order valence-electron chi connectivity index (χ4n) is 5.67. The van der Waals surface area contributed by atoms with Crippen molar-refractivity contribution in [3.63, 3.8) is 0 Å². The number of aryl methyl sites for hydroxylation is 2. The standard InChI is InChI=1S/C27H32N4S/c1-4-20-12-14-22(15-13-20)31-26(25(29-27(31)32)24-11-7-8-16-28-24)23-17-18(2)30(19(23)3)21-9-5-6-10-21/h7-8,11-17,21,25-26H,4-6,9-10H2,1-3H3,(H,29,32)/t25-,26+/m0/s1. The summed E-state index contributed by atoms with van der Waals surface area (Å²) in [4.78, 5) is 7.01. The van der Waals surface area contributed by atoms with Gasteiger partial charge in [0, 0.05) is 29.3 Å². The molecule has 0 radical (unpaired) electrons. The van der Waals surface area contributed by atoms with Gasteiger partial charge < -0.3 is 14.8 Å². The lowest BCUT2D eigenvalue weighted by molar-refractivity contribution is 0.494. The topological polar surface area (TPSA) is 33.1 Å². The number of nitrogens with one attached hydrogen (secondary N) is 1. The summed E-state index contributed by atoms with van der Waals surface area (Å²) in [5.74, 6) is 0. The number of benzene rings is 1. The van der Waals surface area contributed by atoms with Crippen LogP contribution in [-0.2, 0) is 6.42 Å². The Morgan fingerprint density at radius 2 is 1.81 bits per heavy atom. The maximum absolute atomic E-state index is 5.91. The van der Waals surface area contributed by atoms with Crippen molar-refractivity contribution in [3.05, 3.63) is 82.9 Å². The van der Waals surface area contributed by atoms with E-state index in [-0.39, 0.29) is 12.1 Å². The highest BCUT2D eigenvalue weighted by molar-refractivity contribution is 7.80. The van der Waals surface area contributed by atoms with Crippen molar-refractivity contribution in [3.8, 4) is 0 Å². The van der Waals surface area contributed by atoms with Gasteiger partial charge in [0.15, 0.2) is 5.11 Å². The molecule has 3 heterocycles. The number of hydrogen-bond acceptors (Lipinski definition) is 2. The minimum Gasteiger partial charge on any atom is -0.351 e. The van der Waals surface area contributed by atoms with E-state index in [1.54, 1.807) is 0 Å². The minimum atomic E-state index is 0.00656. The SMILES string of the molecule is CCc1ccc(N2C(=S)N[C@@H](c3ccccn3)[C@H]2c2cc(C)n(C3CCCC3)c2C)cc1. The van der Waals surface area contributed by atoms with Gasteiger partial charge in [-0.3, -0.25) is 4.98 Å². The highest BCUT2D eigenvalue weighted by Gasteiger charge is 2.42. The normalized spacial score (nSPS) is 21.3. The summed E-state index contributed by atoms with van der Waals surface area (Å²) < 4.78 is 2.58. The van der Waals surface area contributed by atoms with Gasteiger partial charge in [-0.1, -0.05) is 38.0 Å². The average molecular weight is 445 g/mol. The molecular formula is C27H32N4S. The zero-order valence-electron chi connectivity index (χ0n) is 19.2. The van der Waals surface area contributed by atoms with Crippen molar-refractivity contribution in [1.29, 1.82) is 0 Å². The van der Waals surface area contributed by atoms with Crippen LogP contribution in [0.4, 0.5) is 5.69 Å². The van der Waals surface area contributed by atoms with E-state index >= 15 is 0 Å². The van der Waals surface area contributed by atoms with E-state index in [9.17, 15) is 0 Å². The van der Waals surface area contributed by atoms with Gasteiger partial charge in [-0.05, 0) is 86.8 Å². The number of anilines is 1. The van der Waals surface area contributed by atoms with Crippen LogP contribution >= 0.6 is 12.2 Å². The molecule has 1 saturated heterocycles. The second kappa shape index (κ2) is 8.70. The lowest BCUT2D eigenvalue weighted by atomic mass is 9.96. The van der Waals surface area contributed by atoms with Crippen molar-refractivity contribution >= 4 is 23.0 Å². The fraction of sp³-hybridized carbons (Fsp3) is 0.407. The van der Waals surface area contributed by atoms with Crippen LogP contribution in [0.5, 0.6) is 0 Å². The van der Waals surface area contributed by atoms with Gasteiger partial charge in [-0.2, -0.15) is 0 Å². The first-order valence-electron chi connectivity index (χ1n) is 11.9. The molecule has 2 aromatic heterocycles. The van der Waals surface area contributed by atoms with Gasteiger partial charge in [0.05, 0.1) is 17.8 Å². The summed E-state index contributed by atoms with van der Waals surface area (Å²) in [6.45, 7) is 6.73. The summed E-state index contributed by atoms with van der Waals surface area (Å²) in [6.07, 6.45) is 8.13. The molecule has 1 aliphatic carbocycles. The Balaban J connectivity index is 1.63. The Morgan fingerprint density at radius 1 is 1.06 bits per heavy atom. The number of hydrogen-bond donors (Lipinski definition) is 1. The van der Waals surface area contributed by atoms with Gasteiger partial charge >= 0.3 is 0 Å². The maximum Gasteiger partial charge on any atom is 0.174 e. The molecule has 0 spiro atoms. The van der Waals surface area contributed by atoms with Gasteiger partial charge in [0.2, 0.25) is 0 Å². The fourth-order valence-corrected chi connectivity index (χ4v) is 6.01. The van der Waals surface area contributed by atoms with Crippen molar-refractivity contribution < 1.29 is 0 Å². The van der Waals surface area contributed by atoms with Gasteiger partial charge in [0.1, 0.15) is 0 Å². The summed E-state index contributed by atoms with van der Waals surface area (Å²) in [6, 6.07) is 18.0. The third kappa shape index (κ3) is 3.62. The number of nitrogens with zero attached hydrogens (tertiary/aromatic N) is 3. The molecule has 3 aromatic rings. The van der Waals surface area contributed by atoms with Crippen molar-refractivity contribution in [2.75, 3.05) is 4.90 Å². The molecule has 5 rings (SSSR count). The van der Waals surface area contributed by atoms with E-state index in [2.05, 4.69) is 78.0 Å². The first-order valence-corrected chi connectivity index (χ1v) is 12.3. The van der Waals surface area contributed by atoms with Crippen LogP contribution in [0.25, 0.3) is 0 Å². The molecule has 0 unspecified atom stereocenters. The van der Waals surface area contributed by atoms with E-state index in [0.717, 1.165) is 22.9 Å². The number of rotatable bonds is 5. The highest BCUT2D eigenvalue weighted by Crippen LogP contribution is 2.44. The summed E-state index contributed by atoms with van der Waals surface area (Å²) in [5, 5.41) is 4.37. The third-order valence-corrected chi connectivity index (χ3v) is 7.57. The molecule has 0 amide bonds. The molecule has 1 N–H and O–H groups in total. The minimum absolute atomic E-state index is 0.00656. The molecule has 166 valence electrons. The smallest absolute Gasteiger partial charge is 0.174 e. The first-order chi connectivity index (χ1) is 15.6. The van der Waals surface area contributed by atoms with Crippen LogP contribution in [0, 0.1) is 13.8 Å². The van der Waals surface area contributed by atoms with E-state index in [1.165, 1.54) is 48.2 Å². The van der Waals surface area contributed by atoms with Crippen LogP contribution in [-0.4, -0.2) is 14.7 Å². The lowest BCUT2D eigenvalue weighted by Crippen LogP contribution is -2.29. The Bertz CT molecular complexity index is 1100. The molecule has 5 heteroatoms. The van der Waals surface area contributed by atoms with Crippen molar-refractivity contribution in [1.82, 2.24) is 14.9 Å². The molecule has 1 aromatic carbocycles. The summed E-state index contributed by atoms with van der Waals surface area (Å²) >= 11 is 5.91. The Labute approximate surface area is 196 Å². The Hall–Kier alpha value is -2.66. The van der Waals surface area contributed by atoms with Crippen LogP contribution < -0.4 is 10.2 Å². The Morgan fingerprint density at radius 3 is 2.47 bits per heavy atom. The molecule has 0 bridgehead atoms. The summed E-state index contributed by atoms with van der Waals surface area (Å²) in [5.41, 5.74) is 7.55. The van der Waals surface area contributed by atoms with Crippen molar-refractivity contribution in [2.45, 2.75) is 71.0 Å². The predicted octanol–water partition coefficient (Wildman–Crippen LogP) is 6.35. The second-order valence-electron chi connectivity index (χ2n) is 9.15. The van der Waals surface area contributed by atoms with Crippen LogP contribution in [0.3, 0.4) is 0 Å². The molecule has 2 aliphatic rings. The second-order valence-corrected chi connectivity index (χ2v) is 9.54. The molecule has 2 fully saturated rings. The van der Waals surface area contributed by atoms with Gasteiger partial charge in [-0.15, -0.1) is 0 Å². The highest BCUT2D eigenvalue weighted by atomic mass is 32.1. The molecule has 4 nitrogen and oxygen atoms in total. The molecule has 2 atom stereocenters. The number of pyridine rings is 1. The van der Waals surface area contributed by atoms with E-state index in [4.69, 9.17) is 17.2 Å². The molecular weight excluding hydrogens is 412 g/mol.